The summed E-state index contributed by atoms with van der Waals surface area (Å²) in [6.45, 7) is 7.87. The largest absolute Gasteiger partial charge is 0.493 e. The van der Waals surface area contributed by atoms with Crippen LogP contribution in [0.25, 0.3) is 0 Å². The van der Waals surface area contributed by atoms with E-state index in [-0.39, 0.29) is 6.79 Å². The highest BCUT2D eigenvalue weighted by molar-refractivity contribution is 14.1. The summed E-state index contributed by atoms with van der Waals surface area (Å²) in [6, 6.07) is 4.62. The summed E-state index contributed by atoms with van der Waals surface area (Å²) < 4.78 is 17.6. The van der Waals surface area contributed by atoms with Gasteiger partial charge in [-0.05, 0) is 72.0 Å². The van der Waals surface area contributed by atoms with Crippen LogP contribution in [0, 0.1) is 3.57 Å². The van der Waals surface area contributed by atoms with Crippen LogP contribution in [0.4, 0.5) is 5.95 Å². The number of halogens is 1. The standard InChI is InChI=1S/C22H31IN4O3/c1-4-16-12-24-22(25-13-16)26-18-6-8-27(9-7-18)14-17-10-19(29-5-2)21(23)20(11-17)30-15-28-3/h10-13,18H,4-9,14-15H2,1-3H3,(H,24,25,26). The fourth-order valence-electron chi connectivity index (χ4n) is 3.49. The molecule has 0 radical (unpaired) electrons. The van der Waals surface area contributed by atoms with Crippen molar-refractivity contribution in [3.63, 3.8) is 0 Å². The minimum atomic E-state index is 0.226. The fourth-order valence-corrected chi connectivity index (χ4v) is 4.12. The molecule has 0 unspecified atom stereocenters. The topological polar surface area (TPSA) is 68.7 Å². The van der Waals surface area contributed by atoms with Gasteiger partial charge in [0.25, 0.3) is 0 Å². The van der Waals surface area contributed by atoms with Gasteiger partial charge in [-0.2, -0.15) is 0 Å². The minimum Gasteiger partial charge on any atom is -0.493 e. The van der Waals surface area contributed by atoms with E-state index in [0.717, 1.165) is 65.5 Å². The first-order valence-corrected chi connectivity index (χ1v) is 11.6. The van der Waals surface area contributed by atoms with Crippen molar-refractivity contribution in [1.29, 1.82) is 0 Å². The van der Waals surface area contributed by atoms with E-state index < -0.39 is 0 Å². The molecular weight excluding hydrogens is 495 g/mol. The highest BCUT2D eigenvalue weighted by atomic mass is 127. The molecule has 164 valence electrons. The van der Waals surface area contributed by atoms with Crippen LogP contribution in [0.1, 0.15) is 37.8 Å². The van der Waals surface area contributed by atoms with Crippen molar-refractivity contribution in [1.82, 2.24) is 14.9 Å². The number of nitrogens with zero attached hydrogens (tertiary/aromatic N) is 3. The number of anilines is 1. The maximum absolute atomic E-state index is 5.82. The molecular formula is C22H31IN4O3. The average molecular weight is 526 g/mol. The molecule has 1 fully saturated rings. The second-order valence-corrected chi connectivity index (χ2v) is 8.43. The van der Waals surface area contributed by atoms with Crippen molar-refractivity contribution >= 4 is 28.5 Å². The van der Waals surface area contributed by atoms with Gasteiger partial charge in [-0.15, -0.1) is 0 Å². The molecule has 1 aromatic carbocycles. The quantitative estimate of drug-likeness (QED) is 0.369. The number of hydrogen-bond acceptors (Lipinski definition) is 7. The third kappa shape index (κ3) is 6.42. The second kappa shape index (κ2) is 11.7. The Morgan fingerprint density at radius 1 is 1.07 bits per heavy atom. The van der Waals surface area contributed by atoms with Crippen molar-refractivity contribution in [2.45, 2.75) is 45.7 Å². The molecule has 3 rings (SSSR count). The van der Waals surface area contributed by atoms with Crippen LogP contribution in [-0.4, -0.2) is 54.5 Å². The molecule has 7 nitrogen and oxygen atoms in total. The van der Waals surface area contributed by atoms with E-state index in [9.17, 15) is 0 Å². The van der Waals surface area contributed by atoms with Gasteiger partial charge in [0.2, 0.25) is 5.95 Å². The smallest absolute Gasteiger partial charge is 0.222 e. The number of likely N-dealkylation sites (tertiary alicyclic amines) is 1. The predicted molar refractivity (Wildman–Crippen MR) is 126 cm³/mol. The molecule has 8 heteroatoms. The maximum atomic E-state index is 5.82. The third-order valence-corrected chi connectivity index (χ3v) is 6.20. The zero-order valence-corrected chi connectivity index (χ0v) is 20.1. The SMILES string of the molecule is CCOc1cc(CN2CCC(Nc3ncc(CC)cn3)CC2)cc(OCOC)c1I. The summed E-state index contributed by atoms with van der Waals surface area (Å²) >= 11 is 2.27. The van der Waals surface area contributed by atoms with Gasteiger partial charge in [0, 0.05) is 45.2 Å². The van der Waals surface area contributed by atoms with E-state index in [2.05, 4.69) is 61.8 Å². The lowest BCUT2D eigenvalue weighted by Crippen LogP contribution is -2.39. The van der Waals surface area contributed by atoms with Crippen LogP contribution >= 0.6 is 22.6 Å². The van der Waals surface area contributed by atoms with E-state index in [1.54, 1.807) is 7.11 Å². The normalized spacial score (nSPS) is 15.2. The van der Waals surface area contributed by atoms with Gasteiger partial charge in [0.1, 0.15) is 11.5 Å². The van der Waals surface area contributed by atoms with E-state index >= 15 is 0 Å². The first-order valence-electron chi connectivity index (χ1n) is 10.5. The number of piperidine rings is 1. The van der Waals surface area contributed by atoms with Crippen molar-refractivity contribution in [2.75, 3.05) is 38.9 Å². The molecule has 1 N–H and O–H groups in total. The lowest BCUT2D eigenvalue weighted by Gasteiger charge is -2.32. The number of hydrogen-bond donors (Lipinski definition) is 1. The Balaban J connectivity index is 1.57. The zero-order valence-electron chi connectivity index (χ0n) is 18.0. The summed E-state index contributed by atoms with van der Waals surface area (Å²) in [5.74, 6) is 2.40. The van der Waals surface area contributed by atoms with Gasteiger partial charge < -0.3 is 19.5 Å². The van der Waals surface area contributed by atoms with Gasteiger partial charge in [-0.1, -0.05) is 6.92 Å². The minimum absolute atomic E-state index is 0.226. The Labute approximate surface area is 192 Å². The number of benzene rings is 1. The number of aryl methyl sites for hydroxylation is 1. The molecule has 1 aliphatic heterocycles. The summed E-state index contributed by atoms with van der Waals surface area (Å²) in [4.78, 5) is 11.3. The first kappa shape index (κ1) is 23.0. The molecule has 1 saturated heterocycles. The van der Waals surface area contributed by atoms with Gasteiger partial charge in [0.05, 0.1) is 10.2 Å². The molecule has 0 spiro atoms. The monoisotopic (exact) mass is 526 g/mol. The lowest BCUT2D eigenvalue weighted by atomic mass is 10.0. The summed E-state index contributed by atoms with van der Waals surface area (Å²) in [7, 11) is 1.63. The van der Waals surface area contributed by atoms with E-state index in [1.807, 2.05) is 19.3 Å². The van der Waals surface area contributed by atoms with Crippen LogP contribution in [-0.2, 0) is 17.7 Å². The van der Waals surface area contributed by atoms with Crippen LogP contribution in [0.3, 0.4) is 0 Å². The molecule has 0 saturated carbocycles. The molecule has 2 heterocycles. The second-order valence-electron chi connectivity index (χ2n) is 7.35. The van der Waals surface area contributed by atoms with Gasteiger partial charge in [-0.25, -0.2) is 9.97 Å². The zero-order chi connectivity index (χ0) is 21.3. The molecule has 0 atom stereocenters. The summed E-state index contributed by atoms with van der Waals surface area (Å²) in [6.07, 6.45) is 6.89. The number of rotatable bonds is 10. The van der Waals surface area contributed by atoms with Crippen LogP contribution in [0.5, 0.6) is 11.5 Å². The van der Waals surface area contributed by atoms with E-state index in [4.69, 9.17) is 14.2 Å². The Bertz CT molecular complexity index is 796. The van der Waals surface area contributed by atoms with Gasteiger partial charge in [0.15, 0.2) is 6.79 Å². The van der Waals surface area contributed by atoms with Crippen LogP contribution in [0.2, 0.25) is 0 Å². The Hall–Kier alpha value is -1.65. The molecule has 0 aliphatic carbocycles. The molecule has 0 amide bonds. The highest BCUT2D eigenvalue weighted by Gasteiger charge is 2.21. The van der Waals surface area contributed by atoms with Crippen molar-refractivity contribution in [3.8, 4) is 11.5 Å². The van der Waals surface area contributed by atoms with E-state index in [0.29, 0.717) is 12.6 Å². The molecule has 30 heavy (non-hydrogen) atoms. The Kier molecular flexibility index (Phi) is 8.95. The predicted octanol–water partition coefficient (Wildman–Crippen LogP) is 4.10. The molecule has 2 aromatic rings. The van der Waals surface area contributed by atoms with Crippen LogP contribution in [0.15, 0.2) is 24.5 Å². The number of aromatic nitrogens is 2. The molecule has 1 aliphatic rings. The maximum Gasteiger partial charge on any atom is 0.222 e. The lowest BCUT2D eigenvalue weighted by molar-refractivity contribution is 0.0501. The fraction of sp³-hybridized carbons (Fsp3) is 0.545. The molecule has 1 aromatic heterocycles. The van der Waals surface area contributed by atoms with Crippen molar-refractivity contribution < 1.29 is 14.2 Å². The molecule has 0 bridgehead atoms. The highest BCUT2D eigenvalue weighted by Crippen LogP contribution is 2.33. The number of nitrogens with one attached hydrogen (secondary N) is 1. The van der Waals surface area contributed by atoms with Gasteiger partial charge in [-0.3, -0.25) is 4.90 Å². The summed E-state index contributed by atoms with van der Waals surface area (Å²) in [5, 5.41) is 3.48. The van der Waals surface area contributed by atoms with Crippen molar-refractivity contribution in [2.24, 2.45) is 0 Å². The summed E-state index contributed by atoms with van der Waals surface area (Å²) in [5.41, 5.74) is 2.35. The van der Waals surface area contributed by atoms with Gasteiger partial charge >= 0.3 is 0 Å². The van der Waals surface area contributed by atoms with E-state index in [1.165, 1.54) is 5.56 Å². The first-order chi connectivity index (χ1) is 14.6. The third-order valence-electron chi connectivity index (χ3n) is 5.14. The number of methoxy groups -OCH3 is 1. The van der Waals surface area contributed by atoms with Crippen LogP contribution < -0.4 is 14.8 Å². The number of ether oxygens (including phenoxy) is 3. The van der Waals surface area contributed by atoms with Crippen molar-refractivity contribution in [3.05, 3.63) is 39.2 Å². The average Bonchev–Trinajstić information content (AvgIpc) is 2.77. The Morgan fingerprint density at radius 2 is 1.73 bits per heavy atom. The Morgan fingerprint density at radius 3 is 2.33 bits per heavy atom.